The zero-order valence-corrected chi connectivity index (χ0v) is 12.9. The highest BCUT2D eigenvalue weighted by atomic mass is 79.9. The Hall–Kier alpha value is -0.540. The van der Waals surface area contributed by atoms with Crippen LogP contribution in [0.1, 0.15) is 31.2 Å². The van der Waals surface area contributed by atoms with Crippen LogP contribution in [-0.2, 0) is 0 Å². The van der Waals surface area contributed by atoms with E-state index in [2.05, 4.69) is 58.7 Å². The van der Waals surface area contributed by atoms with E-state index in [4.69, 9.17) is 0 Å². The van der Waals surface area contributed by atoms with Gasteiger partial charge in [-0.25, -0.2) is 0 Å². The summed E-state index contributed by atoms with van der Waals surface area (Å²) in [6.45, 7) is 3.23. The van der Waals surface area contributed by atoms with Gasteiger partial charge in [0.2, 0.25) is 0 Å². The smallest absolute Gasteiger partial charge is 0.0343 e. The van der Waals surface area contributed by atoms with Gasteiger partial charge in [-0.2, -0.15) is 0 Å². The molecule has 0 radical (unpaired) electrons. The van der Waals surface area contributed by atoms with Gasteiger partial charge in [-0.3, -0.25) is 0 Å². The molecule has 2 atom stereocenters. The summed E-state index contributed by atoms with van der Waals surface area (Å²) in [6, 6.07) is 7.20. The lowest BCUT2D eigenvalue weighted by molar-refractivity contribution is 0.306. The van der Waals surface area contributed by atoms with E-state index in [1.54, 1.807) is 0 Å². The molecule has 1 aromatic carbocycles. The molecule has 0 bridgehead atoms. The van der Waals surface area contributed by atoms with E-state index in [0.717, 1.165) is 18.5 Å². The topological polar surface area (TPSA) is 24.1 Å². The van der Waals surface area contributed by atoms with Crippen LogP contribution < -0.4 is 10.6 Å². The maximum atomic E-state index is 3.58. The maximum Gasteiger partial charge on any atom is 0.0343 e. The molecule has 1 fully saturated rings. The number of anilines is 1. The molecule has 0 aromatic heterocycles. The second-order valence-corrected chi connectivity index (χ2v) is 6.22. The van der Waals surface area contributed by atoms with Gasteiger partial charge in [-0.15, -0.1) is 0 Å². The molecule has 0 heterocycles. The van der Waals surface area contributed by atoms with Gasteiger partial charge in [0.1, 0.15) is 0 Å². The summed E-state index contributed by atoms with van der Waals surface area (Å²) in [5, 5.41) is 6.99. The molecule has 18 heavy (non-hydrogen) atoms. The molecule has 3 heteroatoms. The Bertz CT molecular complexity index is 392. The van der Waals surface area contributed by atoms with Crippen LogP contribution in [0.5, 0.6) is 0 Å². The first-order valence-corrected chi connectivity index (χ1v) is 7.65. The molecule has 2 rings (SSSR count). The van der Waals surface area contributed by atoms with Gasteiger partial charge >= 0.3 is 0 Å². The van der Waals surface area contributed by atoms with E-state index < -0.39 is 0 Å². The number of hydrogen-bond donors (Lipinski definition) is 2. The summed E-state index contributed by atoms with van der Waals surface area (Å²) >= 11 is 3.54. The second-order valence-electron chi connectivity index (χ2n) is 5.36. The van der Waals surface area contributed by atoms with Gasteiger partial charge in [0.25, 0.3) is 0 Å². The Morgan fingerprint density at radius 3 is 2.89 bits per heavy atom. The quantitative estimate of drug-likeness (QED) is 0.880. The molecule has 1 saturated carbocycles. The zero-order valence-electron chi connectivity index (χ0n) is 11.3. The molecule has 100 valence electrons. The van der Waals surface area contributed by atoms with Crippen molar-refractivity contribution < 1.29 is 0 Å². The summed E-state index contributed by atoms with van der Waals surface area (Å²) < 4.78 is 1.18. The van der Waals surface area contributed by atoms with E-state index in [9.17, 15) is 0 Å². The normalized spacial score (nSPS) is 23.9. The van der Waals surface area contributed by atoms with Crippen LogP contribution in [-0.4, -0.2) is 19.6 Å². The summed E-state index contributed by atoms with van der Waals surface area (Å²) in [5.74, 6) is 0.806. The fourth-order valence-electron chi connectivity index (χ4n) is 2.76. The van der Waals surface area contributed by atoms with E-state index in [-0.39, 0.29) is 0 Å². The van der Waals surface area contributed by atoms with E-state index >= 15 is 0 Å². The molecule has 1 aromatic rings. The predicted molar refractivity (Wildman–Crippen MR) is 82.2 cm³/mol. The molecule has 1 aliphatic carbocycles. The number of rotatable bonds is 4. The minimum Gasteiger partial charge on any atom is -0.385 e. The van der Waals surface area contributed by atoms with E-state index in [0.29, 0.717) is 0 Å². The van der Waals surface area contributed by atoms with Crippen LogP contribution in [0.4, 0.5) is 5.69 Å². The van der Waals surface area contributed by atoms with Crippen molar-refractivity contribution in [2.24, 2.45) is 5.92 Å². The van der Waals surface area contributed by atoms with Gasteiger partial charge in [0.05, 0.1) is 0 Å². The minimum absolute atomic E-state index is 0.720. The number of halogens is 1. The highest BCUT2D eigenvalue weighted by Crippen LogP contribution is 2.25. The highest BCUT2D eigenvalue weighted by Gasteiger charge is 2.20. The lowest BCUT2D eigenvalue weighted by Crippen LogP contribution is -2.33. The van der Waals surface area contributed by atoms with E-state index in [1.807, 2.05) is 0 Å². The first-order chi connectivity index (χ1) is 8.69. The van der Waals surface area contributed by atoms with Crippen LogP contribution in [0.3, 0.4) is 0 Å². The summed E-state index contributed by atoms with van der Waals surface area (Å²) in [4.78, 5) is 0. The Morgan fingerprint density at radius 1 is 1.33 bits per heavy atom. The third-order valence-electron chi connectivity index (χ3n) is 3.94. The standard InChI is InChI=1S/C15H23BrN2/c1-11-8-14(6-7-15(11)16)18-10-12-4-3-5-13(9-12)17-2/h6-8,12-13,17-18H,3-5,9-10H2,1-2H3. The fraction of sp³-hybridized carbons (Fsp3) is 0.600. The highest BCUT2D eigenvalue weighted by molar-refractivity contribution is 9.10. The average molecular weight is 311 g/mol. The second kappa shape index (κ2) is 6.58. The molecule has 2 nitrogen and oxygen atoms in total. The van der Waals surface area contributed by atoms with Crippen LogP contribution in [0, 0.1) is 12.8 Å². The number of hydrogen-bond acceptors (Lipinski definition) is 2. The molecule has 2 unspecified atom stereocenters. The average Bonchev–Trinajstić information content (AvgIpc) is 2.40. The lowest BCUT2D eigenvalue weighted by Gasteiger charge is -2.29. The van der Waals surface area contributed by atoms with Gasteiger partial charge in [0, 0.05) is 22.7 Å². The van der Waals surface area contributed by atoms with Crippen molar-refractivity contribution in [3.63, 3.8) is 0 Å². The molecule has 0 amide bonds. The van der Waals surface area contributed by atoms with Gasteiger partial charge in [-0.05, 0) is 62.9 Å². The van der Waals surface area contributed by atoms with Crippen molar-refractivity contribution in [3.8, 4) is 0 Å². The molecule has 2 N–H and O–H groups in total. The molecule has 0 spiro atoms. The number of benzene rings is 1. The van der Waals surface area contributed by atoms with Crippen molar-refractivity contribution in [1.29, 1.82) is 0 Å². The van der Waals surface area contributed by atoms with Crippen LogP contribution in [0.2, 0.25) is 0 Å². The van der Waals surface area contributed by atoms with Crippen molar-refractivity contribution >= 4 is 21.6 Å². The van der Waals surface area contributed by atoms with Crippen molar-refractivity contribution in [1.82, 2.24) is 5.32 Å². The largest absolute Gasteiger partial charge is 0.385 e. The van der Waals surface area contributed by atoms with Crippen LogP contribution in [0.25, 0.3) is 0 Å². The van der Waals surface area contributed by atoms with Gasteiger partial charge in [-0.1, -0.05) is 22.4 Å². The fourth-order valence-corrected chi connectivity index (χ4v) is 3.00. The monoisotopic (exact) mass is 310 g/mol. The molecule has 0 saturated heterocycles. The molecule has 0 aliphatic heterocycles. The van der Waals surface area contributed by atoms with Crippen molar-refractivity contribution in [2.45, 2.75) is 38.6 Å². The summed E-state index contributed by atoms with van der Waals surface area (Å²) in [6.07, 6.45) is 5.36. The van der Waals surface area contributed by atoms with Gasteiger partial charge in [0.15, 0.2) is 0 Å². The Morgan fingerprint density at radius 2 is 2.17 bits per heavy atom. The Labute approximate surface area is 119 Å². The third kappa shape index (κ3) is 3.72. The van der Waals surface area contributed by atoms with Crippen LogP contribution >= 0.6 is 15.9 Å². The van der Waals surface area contributed by atoms with Gasteiger partial charge < -0.3 is 10.6 Å². The maximum absolute atomic E-state index is 3.58. The number of aryl methyl sites for hydroxylation is 1. The van der Waals surface area contributed by atoms with Crippen LogP contribution in [0.15, 0.2) is 22.7 Å². The molecule has 1 aliphatic rings. The lowest BCUT2D eigenvalue weighted by atomic mass is 9.85. The SMILES string of the molecule is CNC1CCCC(CNc2ccc(Br)c(C)c2)C1. The first-order valence-electron chi connectivity index (χ1n) is 6.86. The third-order valence-corrected chi connectivity index (χ3v) is 4.83. The Balaban J connectivity index is 1.85. The summed E-state index contributed by atoms with van der Waals surface area (Å²) in [5.41, 5.74) is 2.53. The van der Waals surface area contributed by atoms with E-state index in [1.165, 1.54) is 41.4 Å². The Kier molecular flexibility index (Phi) is 5.07. The zero-order chi connectivity index (χ0) is 13.0. The van der Waals surface area contributed by atoms with Crippen molar-refractivity contribution in [2.75, 3.05) is 18.9 Å². The predicted octanol–water partition coefficient (Wildman–Crippen LogP) is 3.95. The minimum atomic E-state index is 0.720. The van der Waals surface area contributed by atoms with Crippen molar-refractivity contribution in [3.05, 3.63) is 28.2 Å². The number of nitrogens with one attached hydrogen (secondary N) is 2. The molecular formula is C15H23BrN2. The summed E-state index contributed by atoms with van der Waals surface area (Å²) in [7, 11) is 2.08. The first kappa shape index (κ1) is 13.9. The molecular weight excluding hydrogens is 288 g/mol.